The molecule has 0 bridgehead atoms. The molecule has 0 saturated heterocycles. The minimum absolute atomic E-state index is 0.0475. The highest BCUT2D eigenvalue weighted by atomic mass is 19.1. The van der Waals surface area contributed by atoms with Crippen molar-refractivity contribution in [2.45, 2.75) is 31.7 Å². The molecule has 1 aromatic rings. The minimum Gasteiger partial charge on any atom is -0.349 e. The Kier molecular flexibility index (Phi) is 4.25. The van der Waals surface area contributed by atoms with Gasteiger partial charge in [0.25, 0.3) is 5.91 Å². The summed E-state index contributed by atoms with van der Waals surface area (Å²) in [6.45, 7) is 0.559. The monoisotopic (exact) mass is 251 g/mol. The number of amides is 1. The molecule has 2 atom stereocenters. The molecule has 1 saturated carbocycles. The lowest BCUT2D eigenvalue weighted by Gasteiger charge is -2.31. The van der Waals surface area contributed by atoms with Crippen molar-refractivity contribution in [2.24, 2.45) is 11.7 Å². The Balaban J connectivity index is 2.04. The molecule has 2 unspecified atom stereocenters. The van der Waals surface area contributed by atoms with Crippen LogP contribution < -0.4 is 11.1 Å². The van der Waals surface area contributed by atoms with Gasteiger partial charge in [-0.05, 0) is 31.4 Å². The van der Waals surface area contributed by atoms with Crippen LogP contribution in [0.15, 0.2) is 18.5 Å². The molecule has 1 aliphatic rings. The highest BCUT2D eigenvalue weighted by Gasteiger charge is 2.26. The fraction of sp³-hybridized carbons (Fsp3) is 0.538. The van der Waals surface area contributed by atoms with E-state index >= 15 is 0 Å². The van der Waals surface area contributed by atoms with E-state index in [1.54, 1.807) is 0 Å². The van der Waals surface area contributed by atoms with Gasteiger partial charge >= 0.3 is 0 Å². The molecule has 0 aliphatic heterocycles. The van der Waals surface area contributed by atoms with Crippen molar-refractivity contribution in [1.82, 2.24) is 10.3 Å². The summed E-state index contributed by atoms with van der Waals surface area (Å²) < 4.78 is 13.4. The van der Waals surface area contributed by atoms with E-state index in [2.05, 4.69) is 10.3 Å². The second-order valence-electron chi connectivity index (χ2n) is 4.72. The molecule has 1 heterocycles. The highest BCUT2D eigenvalue weighted by molar-refractivity contribution is 5.94. The molecule has 18 heavy (non-hydrogen) atoms. The normalized spacial score (nSPS) is 23.7. The molecule has 1 fully saturated rings. The van der Waals surface area contributed by atoms with Crippen LogP contribution in [0.3, 0.4) is 0 Å². The van der Waals surface area contributed by atoms with Crippen LogP contribution in [0.1, 0.15) is 36.0 Å². The lowest BCUT2D eigenvalue weighted by Crippen LogP contribution is -2.44. The molecule has 98 valence electrons. The van der Waals surface area contributed by atoms with Crippen LogP contribution in [0.5, 0.6) is 0 Å². The molecular weight excluding hydrogens is 233 g/mol. The summed E-state index contributed by atoms with van der Waals surface area (Å²) in [5.41, 5.74) is 5.75. The maximum absolute atomic E-state index is 13.4. The molecule has 1 aromatic heterocycles. The average Bonchev–Trinajstić information content (AvgIpc) is 2.39. The van der Waals surface area contributed by atoms with Gasteiger partial charge in [0.15, 0.2) is 5.82 Å². The number of pyridine rings is 1. The number of hydrogen-bond acceptors (Lipinski definition) is 3. The molecule has 0 spiro atoms. The Morgan fingerprint density at radius 1 is 1.50 bits per heavy atom. The molecule has 5 heteroatoms. The van der Waals surface area contributed by atoms with E-state index in [1.807, 2.05) is 0 Å². The predicted molar refractivity (Wildman–Crippen MR) is 66.5 cm³/mol. The van der Waals surface area contributed by atoms with Crippen LogP contribution in [-0.4, -0.2) is 23.5 Å². The number of halogens is 1. The maximum Gasteiger partial charge on any atom is 0.254 e. The Bertz CT molecular complexity index is 424. The van der Waals surface area contributed by atoms with Crippen LogP contribution in [-0.2, 0) is 0 Å². The standard InChI is InChI=1S/C13H18FN3O/c14-11-8-16-6-5-10(11)13(18)17-12-4-2-1-3-9(12)7-15/h5-6,8-9,12H,1-4,7,15H2,(H,17,18). The third kappa shape index (κ3) is 2.85. The fourth-order valence-electron chi connectivity index (χ4n) is 2.49. The van der Waals surface area contributed by atoms with Gasteiger partial charge in [0, 0.05) is 12.2 Å². The van der Waals surface area contributed by atoms with Crippen LogP contribution >= 0.6 is 0 Å². The van der Waals surface area contributed by atoms with Crippen molar-refractivity contribution in [3.63, 3.8) is 0 Å². The van der Waals surface area contributed by atoms with Crippen molar-refractivity contribution in [3.05, 3.63) is 29.8 Å². The lowest BCUT2D eigenvalue weighted by molar-refractivity contribution is 0.0904. The Morgan fingerprint density at radius 2 is 2.28 bits per heavy atom. The van der Waals surface area contributed by atoms with Gasteiger partial charge in [-0.2, -0.15) is 0 Å². The first kappa shape index (κ1) is 13.0. The molecule has 1 aliphatic carbocycles. The second-order valence-corrected chi connectivity index (χ2v) is 4.72. The number of carbonyl (C=O) groups is 1. The smallest absolute Gasteiger partial charge is 0.254 e. The first-order chi connectivity index (χ1) is 8.72. The Labute approximate surface area is 106 Å². The number of carbonyl (C=O) groups excluding carboxylic acids is 1. The van der Waals surface area contributed by atoms with Crippen molar-refractivity contribution < 1.29 is 9.18 Å². The van der Waals surface area contributed by atoms with Crippen molar-refractivity contribution in [1.29, 1.82) is 0 Å². The highest BCUT2D eigenvalue weighted by Crippen LogP contribution is 2.23. The van der Waals surface area contributed by atoms with E-state index in [9.17, 15) is 9.18 Å². The van der Waals surface area contributed by atoms with E-state index in [4.69, 9.17) is 5.73 Å². The molecule has 0 aromatic carbocycles. The molecule has 2 rings (SSSR count). The quantitative estimate of drug-likeness (QED) is 0.854. The van der Waals surface area contributed by atoms with Crippen LogP contribution in [0.25, 0.3) is 0 Å². The number of aromatic nitrogens is 1. The predicted octanol–water partition coefficient (Wildman–Crippen LogP) is 1.47. The van der Waals surface area contributed by atoms with E-state index in [1.165, 1.54) is 12.3 Å². The molecule has 0 radical (unpaired) electrons. The van der Waals surface area contributed by atoms with E-state index < -0.39 is 5.82 Å². The third-order valence-electron chi connectivity index (χ3n) is 3.55. The maximum atomic E-state index is 13.4. The Morgan fingerprint density at radius 3 is 3.00 bits per heavy atom. The molecule has 3 N–H and O–H groups in total. The lowest BCUT2D eigenvalue weighted by atomic mass is 9.84. The number of rotatable bonds is 3. The minimum atomic E-state index is -0.588. The van der Waals surface area contributed by atoms with E-state index in [-0.39, 0.29) is 17.5 Å². The van der Waals surface area contributed by atoms with Gasteiger partial charge in [-0.15, -0.1) is 0 Å². The summed E-state index contributed by atoms with van der Waals surface area (Å²) >= 11 is 0. The summed E-state index contributed by atoms with van der Waals surface area (Å²) in [5, 5.41) is 2.89. The largest absolute Gasteiger partial charge is 0.349 e. The van der Waals surface area contributed by atoms with E-state index in [0.717, 1.165) is 31.9 Å². The van der Waals surface area contributed by atoms with Crippen molar-refractivity contribution in [2.75, 3.05) is 6.54 Å². The number of nitrogens with one attached hydrogen (secondary N) is 1. The summed E-state index contributed by atoms with van der Waals surface area (Å²) in [4.78, 5) is 15.6. The molecule has 4 nitrogen and oxygen atoms in total. The van der Waals surface area contributed by atoms with E-state index in [0.29, 0.717) is 12.5 Å². The van der Waals surface area contributed by atoms with Gasteiger partial charge in [-0.25, -0.2) is 4.39 Å². The summed E-state index contributed by atoms with van der Waals surface area (Å²) in [7, 11) is 0. The fourth-order valence-corrected chi connectivity index (χ4v) is 2.49. The average molecular weight is 251 g/mol. The Hall–Kier alpha value is -1.49. The third-order valence-corrected chi connectivity index (χ3v) is 3.55. The van der Waals surface area contributed by atoms with Crippen LogP contribution in [0.2, 0.25) is 0 Å². The zero-order valence-corrected chi connectivity index (χ0v) is 10.2. The van der Waals surface area contributed by atoms with Gasteiger partial charge in [-0.1, -0.05) is 12.8 Å². The summed E-state index contributed by atoms with van der Waals surface area (Å²) in [5.74, 6) is -0.664. The molecular formula is C13H18FN3O. The van der Waals surface area contributed by atoms with Gasteiger partial charge < -0.3 is 11.1 Å². The zero-order valence-electron chi connectivity index (χ0n) is 10.2. The van der Waals surface area contributed by atoms with Crippen molar-refractivity contribution in [3.8, 4) is 0 Å². The first-order valence-electron chi connectivity index (χ1n) is 6.33. The SMILES string of the molecule is NCC1CCCCC1NC(=O)c1ccncc1F. The number of nitrogens with zero attached hydrogens (tertiary/aromatic N) is 1. The molecule has 1 amide bonds. The van der Waals surface area contributed by atoms with Gasteiger partial charge in [0.2, 0.25) is 0 Å². The van der Waals surface area contributed by atoms with Gasteiger partial charge in [-0.3, -0.25) is 9.78 Å². The zero-order chi connectivity index (χ0) is 13.0. The topological polar surface area (TPSA) is 68.0 Å². The number of nitrogens with two attached hydrogens (primary N) is 1. The van der Waals surface area contributed by atoms with Gasteiger partial charge in [0.05, 0.1) is 11.8 Å². The van der Waals surface area contributed by atoms with Crippen LogP contribution in [0, 0.1) is 11.7 Å². The van der Waals surface area contributed by atoms with Gasteiger partial charge in [0.1, 0.15) is 0 Å². The van der Waals surface area contributed by atoms with Crippen molar-refractivity contribution >= 4 is 5.91 Å². The number of hydrogen-bond donors (Lipinski definition) is 2. The summed E-state index contributed by atoms with van der Waals surface area (Å²) in [6.07, 6.45) is 6.65. The second kappa shape index (κ2) is 5.91. The first-order valence-corrected chi connectivity index (χ1v) is 6.33. The van der Waals surface area contributed by atoms with Crippen LogP contribution in [0.4, 0.5) is 4.39 Å². The summed E-state index contributed by atoms with van der Waals surface area (Å²) in [6, 6.07) is 1.45.